The van der Waals surface area contributed by atoms with Crippen LogP contribution in [0.2, 0.25) is 0 Å². The zero-order chi connectivity index (χ0) is 15.2. The average molecular weight is 289 g/mol. The number of likely N-dealkylation sites (tertiary alicyclic amines) is 1. The molecule has 0 aromatic heterocycles. The van der Waals surface area contributed by atoms with Crippen LogP contribution < -0.4 is 10.6 Å². The molecule has 0 atom stereocenters. The van der Waals surface area contributed by atoms with Crippen molar-refractivity contribution in [1.82, 2.24) is 10.2 Å². The molecule has 0 aliphatic carbocycles. The Morgan fingerprint density at radius 1 is 1.33 bits per heavy atom. The molecule has 1 saturated heterocycles. The third-order valence-electron chi connectivity index (χ3n) is 4.11. The standard InChI is InChI=1S/C17H27N3O/c1-4-9-18-16-6-5-14(12-13(16)2)17(21)19-15-7-10-20(3)11-8-15/h5-6,12,15,18H,4,7-11H2,1-3H3,(H,19,21). The van der Waals surface area contributed by atoms with E-state index >= 15 is 0 Å². The summed E-state index contributed by atoms with van der Waals surface area (Å²) in [6, 6.07) is 6.21. The van der Waals surface area contributed by atoms with Gasteiger partial charge in [-0.2, -0.15) is 0 Å². The van der Waals surface area contributed by atoms with Gasteiger partial charge >= 0.3 is 0 Å². The summed E-state index contributed by atoms with van der Waals surface area (Å²) in [6.45, 7) is 7.27. The SMILES string of the molecule is CCCNc1ccc(C(=O)NC2CCN(C)CC2)cc1C. The number of piperidine rings is 1. The molecule has 0 saturated carbocycles. The maximum absolute atomic E-state index is 12.3. The third-order valence-corrected chi connectivity index (χ3v) is 4.11. The number of anilines is 1. The highest BCUT2D eigenvalue weighted by Crippen LogP contribution is 2.17. The minimum atomic E-state index is 0.0506. The van der Waals surface area contributed by atoms with Crippen molar-refractivity contribution >= 4 is 11.6 Å². The van der Waals surface area contributed by atoms with Crippen LogP contribution in [0, 0.1) is 6.92 Å². The van der Waals surface area contributed by atoms with Gasteiger partial charge in [-0.05, 0) is 70.1 Å². The number of nitrogens with one attached hydrogen (secondary N) is 2. The lowest BCUT2D eigenvalue weighted by Gasteiger charge is -2.29. The molecule has 1 aromatic rings. The molecule has 1 aliphatic rings. The molecule has 1 heterocycles. The lowest BCUT2D eigenvalue weighted by molar-refractivity contribution is 0.0917. The fourth-order valence-electron chi connectivity index (χ4n) is 2.68. The molecule has 4 nitrogen and oxygen atoms in total. The largest absolute Gasteiger partial charge is 0.385 e. The number of hydrogen-bond donors (Lipinski definition) is 2. The van der Waals surface area contributed by atoms with Gasteiger partial charge in [0.2, 0.25) is 0 Å². The number of carbonyl (C=O) groups is 1. The maximum Gasteiger partial charge on any atom is 0.251 e. The highest BCUT2D eigenvalue weighted by atomic mass is 16.1. The van der Waals surface area contributed by atoms with Crippen LogP contribution >= 0.6 is 0 Å². The van der Waals surface area contributed by atoms with Crippen molar-refractivity contribution in [2.24, 2.45) is 0 Å². The van der Waals surface area contributed by atoms with Gasteiger partial charge in [0.15, 0.2) is 0 Å². The smallest absolute Gasteiger partial charge is 0.251 e. The van der Waals surface area contributed by atoms with E-state index in [0.717, 1.165) is 55.7 Å². The Morgan fingerprint density at radius 2 is 2.05 bits per heavy atom. The molecule has 1 amide bonds. The van der Waals surface area contributed by atoms with E-state index in [1.807, 2.05) is 25.1 Å². The van der Waals surface area contributed by atoms with Crippen molar-refractivity contribution in [2.75, 3.05) is 32.0 Å². The first kappa shape index (κ1) is 15.8. The number of carbonyl (C=O) groups excluding carboxylic acids is 1. The number of aryl methyl sites for hydroxylation is 1. The Hall–Kier alpha value is -1.55. The lowest BCUT2D eigenvalue weighted by Crippen LogP contribution is -2.43. The molecular formula is C17H27N3O. The number of hydrogen-bond acceptors (Lipinski definition) is 3. The van der Waals surface area contributed by atoms with E-state index in [1.165, 1.54) is 0 Å². The van der Waals surface area contributed by atoms with Gasteiger partial charge in [0.25, 0.3) is 5.91 Å². The number of benzene rings is 1. The molecule has 1 aliphatic heterocycles. The topological polar surface area (TPSA) is 44.4 Å². The highest BCUT2D eigenvalue weighted by Gasteiger charge is 2.19. The van der Waals surface area contributed by atoms with Crippen molar-refractivity contribution < 1.29 is 4.79 Å². The second-order valence-corrected chi connectivity index (χ2v) is 6.01. The molecule has 2 N–H and O–H groups in total. The van der Waals surface area contributed by atoms with E-state index in [-0.39, 0.29) is 5.91 Å². The molecular weight excluding hydrogens is 262 g/mol. The monoisotopic (exact) mass is 289 g/mol. The Labute approximate surface area is 127 Å². The zero-order valence-corrected chi connectivity index (χ0v) is 13.4. The lowest BCUT2D eigenvalue weighted by atomic mass is 10.0. The Bertz CT molecular complexity index is 479. The van der Waals surface area contributed by atoms with Crippen molar-refractivity contribution in [3.63, 3.8) is 0 Å². The number of rotatable bonds is 5. The summed E-state index contributed by atoms with van der Waals surface area (Å²) in [6.07, 6.45) is 3.17. The Kier molecular flexibility index (Phi) is 5.62. The molecule has 0 bridgehead atoms. The van der Waals surface area contributed by atoms with Gasteiger partial charge in [-0.25, -0.2) is 0 Å². The van der Waals surface area contributed by atoms with E-state index in [0.29, 0.717) is 6.04 Å². The summed E-state index contributed by atoms with van der Waals surface area (Å²) in [5, 5.41) is 6.54. The Morgan fingerprint density at radius 3 is 2.67 bits per heavy atom. The van der Waals surface area contributed by atoms with Crippen LogP contribution in [-0.2, 0) is 0 Å². The van der Waals surface area contributed by atoms with Crippen LogP contribution in [0.4, 0.5) is 5.69 Å². The fraction of sp³-hybridized carbons (Fsp3) is 0.588. The predicted molar refractivity (Wildman–Crippen MR) is 87.9 cm³/mol. The van der Waals surface area contributed by atoms with Crippen LogP contribution in [0.5, 0.6) is 0 Å². The van der Waals surface area contributed by atoms with Crippen LogP contribution in [-0.4, -0.2) is 43.5 Å². The van der Waals surface area contributed by atoms with Crippen molar-refractivity contribution in [2.45, 2.75) is 39.2 Å². The highest BCUT2D eigenvalue weighted by molar-refractivity contribution is 5.95. The normalized spacial score (nSPS) is 16.7. The van der Waals surface area contributed by atoms with Gasteiger partial charge in [-0.1, -0.05) is 6.92 Å². The van der Waals surface area contributed by atoms with Crippen LogP contribution in [0.15, 0.2) is 18.2 Å². The minimum absolute atomic E-state index is 0.0506. The molecule has 0 unspecified atom stereocenters. The average Bonchev–Trinajstić information content (AvgIpc) is 2.48. The molecule has 1 fully saturated rings. The first-order valence-electron chi connectivity index (χ1n) is 7.94. The van der Waals surface area contributed by atoms with Gasteiger partial charge in [0, 0.05) is 23.8 Å². The van der Waals surface area contributed by atoms with E-state index in [2.05, 4.69) is 29.5 Å². The molecule has 0 spiro atoms. The summed E-state index contributed by atoms with van der Waals surface area (Å²) in [7, 11) is 2.13. The molecule has 1 aromatic carbocycles. The van der Waals surface area contributed by atoms with Crippen LogP contribution in [0.25, 0.3) is 0 Å². The second kappa shape index (κ2) is 7.46. The second-order valence-electron chi connectivity index (χ2n) is 6.01. The molecule has 2 rings (SSSR count). The molecule has 21 heavy (non-hydrogen) atoms. The number of nitrogens with zero attached hydrogens (tertiary/aromatic N) is 1. The van der Waals surface area contributed by atoms with Gasteiger partial charge in [-0.3, -0.25) is 4.79 Å². The quantitative estimate of drug-likeness (QED) is 0.876. The van der Waals surface area contributed by atoms with E-state index in [9.17, 15) is 4.79 Å². The first-order chi connectivity index (χ1) is 10.1. The van der Waals surface area contributed by atoms with Gasteiger partial charge in [0.05, 0.1) is 0 Å². The van der Waals surface area contributed by atoms with Crippen molar-refractivity contribution in [3.8, 4) is 0 Å². The predicted octanol–water partition coefficient (Wildman–Crippen LogP) is 2.64. The van der Waals surface area contributed by atoms with E-state index in [1.54, 1.807) is 0 Å². The first-order valence-corrected chi connectivity index (χ1v) is 7.94. The third kappa shape index (κ3) is 4.46. The van der Waals surface area contributed by atoms with Gasteiger partial charge in [0.1, 0.15) is 0 Å². The number of amides is 1. The maximum atomic E-state index is 12.3. The summed E-state index contributed by atoms with van der Waals surface area (Å²) < 4.78 is 0. The zero-order valence-electron chi connectivity index (χ0n) is 13.4. The van der Waals surface area contributed by atoms with Gasteiger partial charge < -0.3 is 15.5 Å². The van der Waals surface area contributed by atoms with Crippen molar-refractivity contribution in [1.29, 1.82) is 0 Å². The summed E-state index contributed by atoms with van der Waals surface area (Å²) in [4.78, 5) is 14.6. The Balaban J connectivity index is 1.94. The van der Waals surface area contributed by atoms with Crippen LogP contribution in [0.1, 0.15) is 42.1 Å². The summed E-state index contributed by atoms with van der Waals surface area (Å²) >= 11 is 0. The van der Waals surface area contributed by atoms with Crippen LogP contribution in [0.3, 0.4) is 0 Å². The van der Waals surface area contributed by atoms with Crippen molar-refractivity contribution in [3.05, 3.63) is 29.3 Å². The van der Waals surface area contributed by atoms with E-state index < -0.39 is 0 Å². The fourth-order valence-corrected chi connectivity index (χ4v) is 2.68. The van der Waals surface area contributed by atoms with Gasteiger partial charge in [-0.15, -0.1) is 0 Å². The summed E-state index contributed by atoms with van der Waals surface area (Å²) in [5.74, 6) is 0.0506. The minimum Gasteiger partial charge on any atom is -0.385 e. The van der Waals surface area contributed by atoms with E-state index in [4.69, 9.17) is 0 Å². The molecule has 0 radical (unpaired) electrons. The molecule has 116 valence electrons. The molecule has 4 heteroatoms. The summed E-state index contributed by atoms with van der Waals surface area (Å²) in [5.41, 5.74) is 3.00.